The number of aryl methyl sites for hydroxylation is 2. The van der Waals surface area contributed by atoms with Gasteiger partial charge in [-0.2, -0.15) is 0 Å². The molecule has 1 amide bonds. The molecule has 0 unspecified atom stereocenters. The molecule has 1 heterocycles. The Morgan fingerprint density at radius 1 is 1.00 bits per heavy atom. The molecule has 1 aliphatic heterocycles. The molecule has 1 aliphatic rings. The monoisotopic (exact) mass is 483 g/mol. The van der Waals surface area contributed by atoms with Crippen molar-refractivity contribution < 1.29 is 14.3 Å². The van der Waals surface area contributed by atoms with Crippen molar-refractivity contribution in [2.75, 3.05) is 18.6 Å². The van der Waals surface area contributed by atoms with E-state index in [2.05, 4.69) is 6.92 Å². The zero-order chi connectivity index (χ0) is 23.8. The van der Waals surface area contributed by atoms with Crippen LogP contribution in [0, 0.1) is 13.8 Å². The second-order valence-corrected chi connectivity index (χ2v) is 10.0. The van der Waals surface area contributed by atoms with Crippen molar-refractivity contribution in [1.82, 2.24) is 0 Å². The van der Waals surface area contributed by atoms with Gasteiger partial charge in [-0.3, -0.25) is 9.69 Å². The van der Waals surface area contributed by atoms with Crippen LogP contribution in [-0.4, -0.2) is 23.9 Å². The van der Waals surface area contributed by atoms with Gasteiger partial charge in [-0.05, 0) is 61.2 Å². The Balaban J connectivity index is 1.68. The maximum atomic E-state index is 13.2. The molecule has 0 bridgehead atoms. The first-order chi connectivity index (χ1) is 15.9. The normalized spacial score (nSPS) is 14.9. The van der Waals surface area contributed by atoms with E-state index in [-0.39, 0.29) is 5.91 Å². The van der Waals surface area contributed by atoms with Crippen molar-refractivity contribution in [3.05, 3.63) is 58.0 Å². The summed E-state index contributed by atoms with van der Waals surface area (Å²) in [6, 6.07) is 11.8. The standard InChI is InChI=1S/C27H33NO3S2/c1-5-6-7-8-9-10-15-31-23-14-13-21(17-24(23)30-4)18-25-26(29)28(27(32)33-25)22-16-19(2)11-12-20(22)3/h11-14,16-18H,5-10,15H2,1-4H3/b25-18-. The second kappa shape index (κ2) is 12.2. The van der Waals surface area contributed by atoms with Crippen LogP contribution in [0.15, 0.2) is 41.3 Å². The first-order valence-corrected chi connectivity index (χ1v) is 12.8. The average molecular weight is 484 g/mol. The van der Waals surface area contributed by atoms with Gasteiger partial charge in [0.1, 0.15) is 0 Å². The fraction of sp³-hybridized carbons (Fsp3) is 0.407. The number of unbranched alkanes of at least 4 members (excludes halogenated alkanes) is 5. The number of amides is 1. The molecule has 0 radical (unpaired) electrons. The number of nitrogens with zero attached hydrogens (tertiary/aromatic N) is 1. The molecule has 1 fully saturated rings. The lowest BCUT2D eigenvalue weighted by molar-refractivity contribution is -0.113. The van der Waals surface area contributed by atoms with Crippen molar-refractivity contribution in [2.24, 2.45) is 0 Å². The van der Waals surface area contributed by atoms with E-state index in [9.17, 15) is 4.79 Å². The van der Waals surface area contributed by atoms with E-state index in [1.807, 2.05) is 56.3 Å². The Hall–Kier alpha value is -2.31. The number of rotatable bonds is 11. The summed E-state index contributed by atoms with van der Waals surface area (Å²) in [6.07, 6.45) is 9.20. The van der Waals surface area contributed by atoms with Crippen LogP contribution < -0.4 is 14.4 Å². The first kappa shape index (κ1) is 25.3. The molecule has 0 aliphatic carbocycles. The highest BCUT2D eigenvalue weighted by atomic mass is 32.2. The fourth-order valence-electron chi connectivity index (χ4n) is 3.74. The molecule has 6 heteroatoms. The number of hydrogen-bond donors (Lipinski definition) is 0. The minimum absolute atomic E-state index is 0.0962. The number of thiocarbonyl (C=S) groups is 1. The van der Waals surface area contributed by atoms with Crippen molar-refractivity contribution >= 4 is 46.0 Å². The molecule has 0 saturated carbocycles. The third kappa shape index (κ3) is 6.61. The number of hydrogen-bond acceptors (Lipinski definition) is 5. The van der Waals surface area contributed by atoms with E-state index >= 15 is 0 Å². The molecule has 33 heavy (non-hydrogen) atoms. The molecule has 1 saturated heterocycles. The summed E-state index contributed by atoms with van der Waals surface area (Å²) in [5.41, 5.74) is 3.83. The lowest BCUT2D eigenvalue weighted by Crippen LogP contribution is -2.28. The molecule has 3 rings (SSSR count). The summed E-state index contributed by atoms with van der Waals surface area (Å²) < 4.78 is 12.0. The number of methoxy groups -OCH3 is 1. The smallest absolute Gasteiger partial charge is 0.270 e. The molecule has 0 aromatic heterocycles. The summed E-state index contributed by atoms with van der Waals surface area (Å²) in [5, 5.41) is 0. The molecular formula is C27H33NO3S2. The Morgan fingerprint density at radius 2 is 1.76 bits per heavy atom. The van der Waals surface area contributed by atoms with Gasteiger partial charge in [-0.1, -0.05) is 81.2 Å². The van der Waals surface area contributed by atoms with Crippen molar-refractivity contribution in [3.63, 3.8) is 0 Å². The highest BCUT2D eigenvalue weighted by Gasteiger charge is 2.34. The number of anilines is 1. The van der Waals surface area contributed by atoms with E-state index in [4.69, 9.17) is 21.7 Å². The van der Waals surface area contributed by atoms with E-state index in [1.54, 1.807) is 12.0 Å². The van der Waals surface area contributed by atoms with Crippen LogP contribution in [0.1, 0.15) is 62.1 Å². The van der Waals surface area contributed by atoms with E-state index in [0.717, 1.165) is 34.5 Å². The number of carbonyl (C=O) groups is 1. The minimum atomic E-state index is -0.0962. The van der Waals surface area contributed by atoms with Gasteiger partial charge < -0.3 is 9.47 Å². The zero-order valence-corrected chi connectivity index (χ0v) is 21.6. The molecule has 176 valence electrons. The van der Waals surface area contributed by atoms with Crippen LogP contribution in [-0.2, 0) is 4.79 Å². The first-order valence-electron chi connectivity index (χ1n) is 11.6. The molecule has 4 nitrogen and oxygen atoms in total. The van der Waals surface area contributed by atoms with E-state index in [1.165, 1.54) is 43.9 Å². The second-order valence-electron chi connectivity index (χ2n) is 8.33. The average Bonchev–Trinajstić information content (AvgIpc) is 3.08. The van der Waals surface area contributed by atoms with Gasteiger partial charge in [0.05, 0.1) is 24.3 Å². The third-order valence-corrected chi connectivity index (χ3v) is 6.94. The number of carbonyl (C=O) groups excluding carboxylic acids is 1. The number of benzene rings is 2. The van der Waals surface area contributed by atoms with Crippen LogP contribution in [0.3, 0.4) is 0 Å². The van der Waals surface area contributed by atoms with Gasteiger partial charge in [0.25, 0.3) is 5.91 Å². The minimum Gasteiger partial charge on any atom is -0.493 e. The Kier molecular flexibility index (Phi) is 9.39. The van der Waals surface area contributed by atoms with Gasteiger partial charge in [0.2, 0.25) is 0 Å². The third-order valence-electron chi connectivity index (χ3n) is 5.64. The zero-order valence-electron chi connectivity index (χ0n) is 20.0. The van der Waals surface area contributed by atoms with Crippen molar-refractivity contribution in [1.29, 1.82) is 0 Å². The summed E-state index contributed by atoms with van der Waals surface area (Å²) in [6.45, 7) is 6.91. The Morgan fingerprint density at radius 3 is 2.52 bits per heavy atom. The van der Waals surface area contributed by atoms with Crippen LogP contribution in [0.4, 0.5) is 5.69 Å². The predicted molar refractivity (Wildman–Crippen MR) is 143 cm³/mol. The largest absolute Gasteiger partial charge is 0.493 e. The quantitative estimate of drug-likeness (QED) is 0.188. The SMILES string of the molecule is CCCCCCCCOc1ccc(/C=C2\SC(=S)N(c3cc(C)ccc3C)C2=O)cc1OC. The summed E-state index contributed by atoms with van der Waals surface area (Å²) >= 11 is 6.87. The van der Waals surface area contributed by atoms with Crippen molar-refractivity contribution in [2.45, 2.75) is 59.3 Å². The molecular weight excluding hydrogens is 450 g/mol. The summed E-state index contributed by atoms with van der Waals surface area (Å²) in [5.74, 6) is 1.30. The van der Waals surface area contributed by atoms with Crippen molar-refractivity contribution in [3.8, 4) is 11.5 Å². The summed E-state index contributed by atoms with van der Waals surface area (Å²) in [7, 11) is 1.64. The molecule has 2 aromatic rings. The van der Waals surface area contributed by atoms with Crippen LogP contribution in [0.25, 0.3) is 6.08 Å². The topological polar surface area (TPSA) is 38.8 Å². The van der Waals surface area contributed by atoms with Crippen LogP contribution in [0.2, 0.25) is 0 Å². The lowest BCUT2D eigenvalue weighted by atomic mass is 10.1. The van der Waals surface area contributed by atoms with Gasteiger partial charge in [-0.15, -0.1) is 0 Å². The van der Waals surface area contributed by atoms with E-state index < -0.39 is 0 Å². The number of ether oxygens (including phenoxy) is 2. The molecule has 2 aromatic carbocycles. The van der Waals surface area contributed by atoms with Gasteiger partial charge in [-0.25, -0.2) is 0 Å². The Bertz CT molecular complexity index is 1030. The molecule has 0 N–H and O–H groups in total. The fourth-order valence-corrected chi connectivity index (χ4v) is 5.03. The molecule has 0 spiro atoms. The van der Waals surface area contributed by atoms with Gasteiger partial charge in [0, 0.05) is 0 Å². The van der Waals surface area contributed by atoms with Crippen LogP contribution >= 0.6 is 24.0 Å². The molecule has 0 atom stereocenters. The highest BCUT2D eigenvalue weighted by molar-refractivity contribution is 8.27. The summed E-state index contributed by atoms with van der Waals surface area (Å²) in [4.78, 5) is 15.4. The van der Waals surface area contributed by atoms with Crippen LogP contribution in [0.5, 0.6) is 11.5 Å². The predicted octanol–water partition coefficient (Wildman–Crippen LogP) is 7.46. The maximum absolute atomic E-state index is 13.2. The maximum Gasteiger partial charge on any atom is 0.270 e. The number of thioether (sulfide) groups is 1. The van der Waals surface area contributed by atoms with E-state index in [0.29, 0.717) is 21.6 Å². The Labute approximate surface area is 207 Å². The lowest BCUT2D eigenvalue weighted by Gasteiger charge is -2.17. The van der Waals surface area contributed by atoms with Gasteiger partial charge >= 0.3 is 0 Å². The highest BCUT2D eigenvalue weighted by Crippen LogP contribution is 2.38. The van der Waals surface area contributed by atoms with Gasteiger partial charge in [0.15, 0.2) is 15.8 Å².